The topological polar surface area (TPSA) is 65.0 Å². The van der Waals surface area contributed by atoms with Gasteiger partial charge in [-0.2, -0.15) is 0 Å². The summed E-state index contributed by atoms with van der Waals surface area (Å²) in [6, 6.07) is 2.27. The minimum atomic E-state index is 0.520. The first-order chi connectivity index (χ1) is 13.2. The first-order valence-corrected chi connectivity index (χ1v) is 10.3. The lowest BCUT2D eigenvalue weighted by molar-refractivity contribution is 0.0195. The molecule has 0 bridgehead atoms. The largest absolute Gasteiger partial charge is 0.379 e. The Hall–Kier alpha value is -1.28. The van der Waals surface area contributed by atoms with Crippen LogP contribution >= 0.6 is 23.2 Å². The number of hydrogen-bond donors (Lipinski definition) is 2. The molecule has 0 radical (unpaired) electrons. The van der Waals surface area contributed by atoms with Crippen LogP contribution in [0.1, 0.15) is 13.3 Å². The van der Waals surface area contributed by atoms with Crippen molar-refractivity contribution in [2.75, 3.05) is 64.3 Å². The normalized spacial score (nSPS) is 21.5. The zero-order chi connectivity index (χ0) is 19.1. The van der Waals surface area contributed by atoms with Crippen molar-refractivity contribution in [3.63, 3.8) is 0 Å². The Bertz CT molecular complexity index is 638. The molecule has 150 valence electrons. The van der Waals surface area contributed by atoms with Crippen molar-refractivity contribution in [2.24, 2.45) is 4.99 Å². The van der Waals surface area contributed by atoms with E-state index in [0.29, 0.717) is 35.0 Å². The van der Waals surface area contributed by atoms with Crippen LogP contribution in [-0.2, 0) is 4.74 Å². The number of hydrogen-bond acceptors (Lipinski definition) is 5. The molecule has 27 heavy (non-hydrogen) atoms. The van der Waals surface area contributed by atoms with Crippen molar-refractivity contribution in [1.82, 2.24) is 20.1 Å². The fourth-order valence-corrected chi connectivity index (χ4v) is 3.93. The number of ether oxygens (including phenoxy) is 1. The van der Waals surface area contributed by atoms with E-state index in [9.17, 15) is 0 Å². The molecule has 3 rings (SSSR count). The Morgan fingerprint density at radius 2 is 2.15 bits per heavy atom. The standard InChI is InChI=1S/C18H28Cl2N6O/c1-2-21-18(23-5-4-22-17-16(20)11-14(19)12-24-17)26-6-3-15(13-26)25-7-9-27-10-8-25/h11-12,15H,2-10,13H2,1H3,(H,21,23)(H,22,24). The van der Waals surface area contributed by atoms with Gasteiger partial charge in [0, 0.05) is 51.5 Å². The van der Waals surface area contributed by atoms with Gasteiger partial charge in [-0.05, 0) is 19.4 Å². The summed E-state index contributed by atoms with van der Waals surface area (Å²) in [4.78, 5) is 13.9. The summed E-state index contributed by atoms with van der Waals surface area (Å²) in [5.74, 6) is 1.61. The van der Waals surface area contributed by atoms with Crippen molar-refractivity contribution < 1.29 is 4.74 Å². The quantitative estimate of drug-likeness (QED) is 0.422. The average molecular weight is 415 g/mol. The second-order valence-electron chi connectivity index (χ2n) is 6.68. The second kappa shape index (κ2) is 10.3. The third-order valence-electron chi connectivity index (χ3n) is 4.83. The lowest BCUT2D eigenvalue weighted by Crippen LogP contribution is -2.46. The highest BCUT2D eigenvalue weighted by atomic mass is 35.5. The van der Waals surface area contributed by atoms with Gasteiger partial charge in [0.05, 0.1) is 29.8 Å². The van der Waals surface area contributed by atoms with Gasteiger partial charge in [-0.25, -0.2) is 4.98 Å². The molecule has 7 nitrogen and oxygen atoms in total. The van der Waals surface area contributed by atoms with Crippen LogP contribution in [0.15, 0.2) is 17.3 Å². The van der Waals surface area contributed by atoms with E-state index in [1.165, 1.54) is 6.42 Å². The van der Waals surface area contributed by atoms with Gasteiger partial charge in [-0.1, -0.05) is 23.2 Å². The Balaban J connectivity index is 1.50. The number of anilines is 1. The molecule has 9 heteroatoms. The predicted molar refractivity (Wildman–Crippen MR) is 111 cm³/mol. The van der Waals surface area contributed by atoms with Crippen molar-refractivity contribution in [2.45, 2.75) is 19.4 Å². The first kappa shape index (κ1) is 20.5. The Morgan fingerprint density at radius 1 is 1.33 bits per heavy atom. The maximum atomic E-state index is 6.13. The van der Waals surface area contributed by atoms with E-state index in [-0.39, 0.29) is 0 Å². The molecule has 2 aliphatic rings. The fourth-order valence-electron chi connectivity index (χ4n) is 3.48. The second-order valence-corrected chi connectivity index (χ2v) is 7.53. The van der Waals surface area contributed by atoms with Gasteiger partial charge in [-0.3, -0.25) is 9.89 Å². The summed E-state index contributed by atoms with van der Waals surface area (Å²) in [5.41, 5.74) is 0. The monoisotopic (exact) mass is 414 g/mol. The summed E-state index contributed by atoms with van der Waals surface area (Å²) < 4.78 is 5.47. The molecule has 2 aliphatic heterocycles. The Labute approximate surface area is 171 Å². The number of likely N-dealkylation sites (tertiary alicyclic amines) is 1. The van der Waals surface area contributed by atoms with E-state index in [2.05, 4.69) is 32.3 Å². The molecule has 2 N–H and O–H groups in total. The summed E-state index contributed by atoms with van der Waals surface area (Å²) in [6.45, 7) is 10.1. The lowest BCUT2D eigenvalue weighted by atomic mass is 10.2. The number of pyridine rings is 1. The molecule has 0 amide bonds. The van der Waals surface area contributed by atoms with Gasteiger partial charge in [0.25, 0.3) is 0 Å². The summed E-state index contributed by atoms with van der Waals surface area (Å²) in [6.07, 6.45) is 2.76. The number of guanidine groups is 1. The molecule has 1 aromatic heterocycles. The Kier molecular flexibility index (Phi) is 7.81. The molecule has 1 unspecified atom stereocenters. The van der Waals surface area contributed by atoms with Crippen LogP contribution in [0, 0.1) is 0 Å². The smallest absolute Gasteiger partial charge is 0.194 e. The van der Waals surface area contributed by atoms with Crippen LogP contribution in [-0.4, -0.2) is 85.8 Å². The number of morpholine rings is 1. The van der Waals surface area contributed by atoms with E-state index >= 15 is 0 Å². The molecule has 1 atom stereocenters. The molecule has 0 aromatic carbocycles. The molecule has 1 aromatic rings. The van der Waals surface area contributed by atoms with Crippen LogP contribution in [0.2, 0.25) is 10.0 Å². The number of nitrogens with one attached hydrogen (secondary N) is 2. The van der Waals surface area contributed by atoms with Crippen molar-refractivity contribution in [3.05, 3.63) is 22.3 Å². The van der Waals surface area contributed by atoms with E-state index in [1.807, 2.05) is 0 Å². The third kappa shape index (κ3) is 5.85. The SMILES string of the molecule is CCNC(=NCCNc1ncc(Cl)cc1Cl)N1CCC(N2CCOCC2)C1. The minimum Gasteiger partial charge on any atom is -0.379 e. The molecule has 3 heterocycles. The average Bonchev–Trinajstić information content (AvgIpc) is 3.16. The first-order valence-electron chi connectivity index (χ1n) is 9.57. The van der Waals surface area contributed by atoms with Crippen molar-refractivity contribution in [1.29, 1.82) is 0 Å². The lowest BCUT2D eigenvalue weighted by Gasteiger charge is -2.32. The molecule has 2 fully saturated rings. The van der Waals surface area contributed by atoms with Gasteiger partial charge < -0.3 is 20.3 Å². The third-order valence-corrected chi connectivity index (χ3v) is 5.33. The molecular weight excluding hydrogens is 387 g/mol. The predicted octanol–water partition coefficient (Wildman–Crippen LogP) is 2.17. The van der Waals surface area contributed by atoms with Crippen LogP contribution in [0.4, 0.5) is 5.82 Å². The maximum Gasteiger partial charge on any atom is 0.194 e. The number of rotatable bonds is 6. The highest BCUT2D eigenvalue weighted by Crippen LogP contribution is 2.22. The minimum absolute atomic E-state index is 0.520. The zero-order valence-electron chi connectivity index (χ0n) is 15.8. The summed E-state index contributed by atoms with van der Waals surface area (Å²) in [7, 11) is 0. The molecule has 0 spiro atoms. The summed E-state index contributed by atoms with van der Waals surface area (Å²) in [5, 5.41) is 7.67. The van der Waals surface area contributed by atoms with Crippen molar-refractivity contribution >= 4 is 35.0 Å². The zero-order valence-corrected chi connectivity index (χ0v) is 17.3. The van der Waals surface area contributed by atoms with E-state index < -0.39 is 0 Å². The fraction of sp³-hybridized carbons (Fsp3) is 0.667. The van der Waals surface area contributed by atoms with Gasteiger partial charge in [0.2, 0.25) is 0 Å². The molecule has 0 saturated carbocycles. The molecular formula is C18H28Cl2N6O. The maximum absolute atomic E-state index is 6.13. The van der Waals surface area contributed by atoms with Gasteiger partial charge in [0.1, 0.15) is 5.82 Å². The Morgan fingerprint density at radius 3 is 2.89 bits per heavy atom. The highest BCUT2D eigenvalue weighted by Gasteiger charge is 2.30. The van der Waals surface area contributed by atoms with Gasteiger partial charge >= 0.3 is 0 Å². The van der Waals surface area contributed by atoms with Crippen LogP contribution < -0.4 is 10.6 Å². The summed E-state index contributed by atoms with van der Waals surface area (Å²) >= 11 is 12.0. The van der Waals surface area contributed by atoms with E-state index in [1.54, 1.807) is 12.3 Å². The number of nitrogens with zero attached hydrogens (tertiary/aromatic N) is 4. The number of aliphatic imine (C=N–C) groups is 1. The van der Waals surface area contributed by atoms with Crippen LogP contribution in [0.25, 0.3) is 0 Å². The van der Waals surface area contributed by atoms with E-state index in [0.717, 1.165) is 51.9 Å². The highest BCUT2D eigenvalue weighted by molar-refractivity contribution is 6.35. The molecule has 0 aliphatic carbocycles. The number of aromatic nitrogens is 1. The van der Waals surface area contributed by atoms with Gasteiger partial charge in [-0.15, -0.1) is 0 Å². The van der Waals surface area contributed by atoms with Crippen molar-refractivity contribution in [3.8, 4) is 0 Å². The van der Waals surface area contributed by atoms with E-state index in [4.69, 9.17) is 32.9 Å². The van der Waals surface area contributed by atoms with Gasteiger partial charge in [0.15, 0.2) is 5.96 Å². The van der Waals surface area contributed by atoms with Crippen LogP contribution in [0.5, 0.6) is 0 Å². The molecule has 2 saturated heterocycles. The number of halogens is 2. The van der Waals surface area contributed by atoms with Crippen LogP contribution in [0.3, 0.4) is 0 Å².